The number of thiophene rings is 1. The van der Waals surface area contributed by atoms with Gasteiger partial charge in [0, 0.05) is 12.6 Å². The minimum atomic E-state index is -4.48. The van der Waals surface area contributed by atoms with Crippen LogP contribution < -0.4 is 4.90 Å². The monoisotopic (exact) mass is 381 g/mol. The van der Waals surface area contributed by atoms with E-state index in [4.69, 9.17) is 0 Å². The maximum absolute atomic E-state index is 13.4. The fourth-order valence-electron chi connectivity index (χ4n) is 4.95. The van der Waals surface area contributed by atoms with Crippen LogP contribution in [0.1, 0.15) is 45.7 Å². The number of hydrogen-bond acceptors (Lipinski definition) is 4. The topological polar surface area (TPSA) is 29.0 Å². The van der Waals surface area contributed by atoms with Crippen molar-refractivity contribution in [3.63, 3.8) is 0 Å². The number of hydrogen-bond donors (Lipinski definition) is 0. The average Bonchev–Trinajstić information content (AvgIpc) is 3.11. The van der Waals surface area contributed by atoms with Crippen molar-refractivity contribution in [2.45, 2.75) is 52.3 Å². The zero-order chi connectivity index (χ0) is 18.7. The Morgan fingerprint density at radius 1 is 1.19 bits per heavy atom. The minimum absolute atomic E-state index is 0.104. The lowest BCUT2D eigenvalue weighted by Gasteiger charge is -2.39. The highest BCUT2D eigenvalue weighted by Crippen LogP contribution is 2.53. The zero-order valence-corrected chi connectivity index (χ0v) is 15.9. The highest BCUT2D eigenvalue weighted by molar-refractivity contribution is 7.13. The Morgan fingerprint density at radius 2 is 1.96 bits per heavy atom. The molecule has 1 saturated carbocycles. The number of aromatic nitrogens is 2. The molecule has 1 aliphatic heterocycles. The van der Waals surface area contributed by atoms with Crippen molar-refractivity contribution in [1.82, 2.24) is 9.97 Å². The summed E-state index contributed by atoms with van der Waals surface area (Å²) in [6, 6.07) is 4.87. The van der Waals surface area contributed by atoms with E-state index in [2.05, 4.69) is 30.7 Å². The van der Waals surface area contributed by atoms with Crippen LogP contribution in [-0.2, 0) is 6.18 Å². The van der Waals surface area contributed by atoms with Crippen LogP contribution in [0.5, 0.6) is 0 Å². The molecule has 2 aliphatic rings. The van der Waals surface area contributed by atoms with E-state index in [1.807, 2.05) is 16.3 Å². The number of alkyl halides is 3. The minimum Gasteiger partial charge on any atom is -0.337 e. The van der Waals surface area contributed by atoms with Crippen molar-refractivity contribution in [2.75, 3.05) is 11.4 Å². The molecule has 7 heteroatoms. The van der Waals surface area contributed by atoms with Gasteiger partial charge < -0.3 is 4.90 Å². The smallest absolute Gasteiger partial charge is 0.337 e. The van der Waals surface area contributed by atoms with Crippen molar-refractivity contribution < 1.29 is 13.2 Å². The molecule has 0 N–H and O–H groups in total. The maximum Gasteiger partial charge on any atom is 0.433 e. The molecule has 0 amide bonds. The molecule has 1 saturated heterocycles. The predicted molar refractivity (Wildman–Crippen MR) is 97.2 cm³/mol. The van der Waals surface area contributed by atoms with Gasteiger partial charge in [0.2, 0.25) is 5.95 Å². The largest absolute Gasteiger partial charge is 0.433 e. The zero-order valence-electron chi connectivity index (χ0n) is 15.1. The summed E-state index contributed by atoms with van der Waals surface area (Å²) in [7, 11) is 0. The second-order valence-electron chi connectivity index (χ2n) is 8.76. The molecule has 4 rings (SSSR count). The van der Waals surface area contributed by atoms with Crippen LogP contribution >= 0.6 is 11.3 Å². The molecule has 1 aliphatic carbocycles. The number of halogens is 3. The fraction of sp³-hybridized carbons (Fsp3) is 0.579. The van der Waals surface area contributed by atoms with Crippen molar-refractivity contribution >= 4 is 17.3 Å². The lowest BCUT2D eigenvalue weighted by Crippen LogP contribution is -2.35. The molecule has 2 atom stereocenters. The van der Waals surface area contributed by atoms with Gasteiger partial charge in [0.05, 0.1) is 10.6 Å². The number of rotatable bonds is 2. The normalized spacial score (nSPS) is 27.8. The molecule has 3 heterocycles. The van der Waals surface area contributed by atoms with Gasteiger partial charge in [-0.2, -0.15) is 13.2 Å². The second-order valence-corrected chi connectivity index (χ2v) is 9.70. The van der Waals surface area contributed by atoms with E-state index in [1.165, 1.54) is 11.3 Å². The summed E-state index contributed by atoms with van der Waals surface area (Å²) in [5, 5.41) is 1.84. The molecule has 140 valence electrons. The summed E-state index contributed by atoms with van der Waals surface area (Å²) in [4.78, 5) is 11.2. The molecule has 2 bridgehead atoms. The summed E-state index contributed by atoms with van der Waals surface area (Å²) in [6.07, 6.45) is -1.47. The highest BCUT2D eigenvalue weighted by Gasteiger charge is 2.50. The Kier molecular flexibility index (Phi) is 3.88. The van der Waals surface area contributed by atoms with Gasteiger partial charge in [0.25, 0.3) is 0 Å². The highest BCUT2D eigenvalue weighted by atomic mass is 32.1. The molecule has 0 unspecified atom stereocenters. The van der Waals surface area contributed by atoms with Crippen molar-refractivity contribution in [3.8, 4) is 10.6 Å². The third kappa shape index (κ3) is 3.21. The Labute approximate surface area is 155 Å². The van der Waals surface area contributed by atoms with Crippen LogP contribution in [0, 0.1) is 10.8 Å². The van der Waals surface area contributed by atoms with Gasteiger partial charge in [-0.1, -0.05) is 26.8 Å². The standard InChI is InChI=1S/C19H22F3N3S/c1-17(2)8-12-9-18(3,10-17)11-25(12)16-23-13(14-5-4-6-26-14)7-15(24-16)19(20,21)22/h4-7,12H,8-11H2,1-3H3/t12-,18+/m0/s1. The van der Waals surface area contributed by atoms with Gasteiger partial charge in [-0.3, -0.25) is 0 Å². The molecule has 26 heavy (non-hydrogen) atoms. The molecular formula is C19H22F3N3S. The van der Waals surface area contributed by atoms with E-state index in [0.717, 1.165) is 30.2 Å². The van der Waals surface area contributed by atoms with Gasteiger partial charge in [0.15, 0.2) is 5.69 Å². The third-order valence-electron chi connectivity index (χ3n) is 5.45. The molecule has 3 nitrogen and oxygen atoms in total. The summed E-state index contributed by atoms with van der Waals surface area (Å²) >= 11 is 1.39. The second kappa shape index (κ2) is 5.68. The summed E-state index contributed by atoms with van der Waals surface area (Å²) < 4.78 is 40.3. The summed E-state index contributed by atoms with van der Waals surface area (Å²) in [6.45, 7) is 7.43. The van der Waals surface area contributed by atoms with Crippen LogP contribution in [-0.4, -0.2) is 22.6 Å². The van der Waals surface area contributed by atoms with E-state index >= 15 is 0 Å². The number of fused-ring (bicyclic) bond motifs is 2. The van der Waals surface area contributed by atoms with Crippen LogP contribution in [0.25, 0.3) is 10.6 Å². The lowest BCUT2D eigenvalue weighted by atomic mass is 9.65. The maximum atomic E-state index is 13.4. The van der Waals surface area contributed by atoms with Gasteiger partial charge in [-0.15, -0.1) is 11.3 Å². The van der Waals surface area contributed by atoms with E-state index in [1.54, 1.807) is 6.07 Å². The first-order valence-electron chi connectivity index (χ1n) is 8.82. The van der Waals surface area contributed by atoms with E-state index in [0.29, 0.717) is 12.2 Å². The molecule has 0 aromatic carbocycles. The predicted octanol–water partition coefficient (Wildman–Crippen LogP) is 5.63. The number of nitrogens with zero attached hydrogens (tertiary/aromatic N) is 3. The molecule has 0 spiro atoms. The van der Waals surface area contributed by atoms with Gasteiger partial charge in [0.1, 0.15) is 0 Å². The third-order valence-corrected chi connectivity index (χ3v) is 6.34. The first-order chi connectivity index (χ1) is 12.0. The van der Waals surface area contributed by atoms with E-state index < -0.39 is 11.9 Å². The fourth-order valence-corrected chi connectivity index (χ4v) is 5.64. The van der Waals surface area contributed by atoms with Crippen molar-refractivity contribution in [2.24, 2.45) is 10.8 Å². The van der Waals surface area contributed by atoms with Gasteiger partial charge in [-0.25, -0.2) is 9.97 Å². The van der Waals surface area contributed by atoms with Gasteiger partial charge in [-0.05, 0) is 47.6 Å². The summed E-state index contributed by atoms with van der Waals surface area (Å²) in [5.41, 5.74) is -0.225. The van der Waals surface area contributed by atoms with Crippen LogP contribution in [0.2, 0.25) is 0 Å². The first-order valence-corrected chi connectivity index (χ1v) is 9.70. The quantitative estimate of drug-likeness (QED) is 0.675. The van der Waals surface area contributed by atoms with Gasteiger partial charge >= 0.3 is 6.18 Å². The Morgan fingerprint density at radius 3 is 2.62 bits per heavy atom. The van der Waals surface area contributed by atoms with Crippen LogP contribution in [0.15, 0.2) is 23.6 Å². The van der Waals surface area contributed by atoms with Crippen LogP contribution in [0.4, 0.5) is 19.1 Å². The molecule has 2 fully saturated rings. The molecule has 0 radical (unpaired) electrons. The number of anilines is 1. The first kappa shape index (κ1) is 17.8. The SMILES string of the molecule is CC1(C)C[C@H]2C[C@@](C)(CN2c2nc(-c3cccs3)cc(C(F)(F)F)n2)C1. The van der Waals surface area contributed by atoms with E-state index in [-0.39, 0.29) is 22.8 Å². The van der Waals surface area contributed by atoms with Crippen molar-refractivity contribution in [3.05, 3.63) is 29.3 Å². The molecule has 2 aromatic heterocycles. The lowest BCUT2D eigenvalue weighted by molar-refractivity contribution is -0.141. The average molecular weight is 381 g/mol. The molecule has 2 aromatic rings. The van der Waals surface area contributed by atoms with Crippen LogP contribution in [0.3, 0.4) is 0 Å². The molecular weight excluding hydrogens is 359 g/mol. The van der Waals surface area contributed by atoms with Crippen molar-refractivity contribution in [1.29, 1.82) is 0 Å². The van der Waals surface area contributed by atoms with E-state index in [9.17, 15) is 13.2 Å². The Hall–Kier alpha value is -1.63. The Bertz CT molecular complexity index is 816. The summed E-state index contributed by atoms with van der Waals surface area (Å²) in [5.74, 6) is 0.217. The Balaban J connectivity index is 1.78.